The van der Waals surface area contributed by atoms with Crippen molar-refractivity contribution in [2.45, 2.75) is 68.4 Å². The molecule has 0 aromatic heterocycles. The summed E-state index contributed by atoms with van der Waals surface area (Å²) in [6.07, 6.45) is 0.199. The molecule has 0 heterocycles. The van der Waals surface area contributed by atoms with Gasteiger partial charge in [-0.05, 0) is 48.5 Å². The zero-order chi connectivity index (χ0) is 14.3. The van der Waals surface area contributed by atoms with Gasteiger partial charge >= 0.3 is 0 Å². The van der Waals surface area contributed by atoms with Gasteiger partial charge in [0.1, 0.15) is 12.7 Å². The summed E-state index contributed by atoms with van der Waals surface area (Å²) < 4.78 is 0. The largest absolute Gasteiger partial charge is 0.396 e. The fourth-order valence-electron chi connectivity index (χ4n) is 0.404. The standard InChI is InChI=1S/C6H13NO.C5H11NO.C2H6/c1-5(2)7-8-6(3)4;1-4-7-6-5(2)3;1-2/h6H,1-4H3;4H2,1-3H3;1-2H3. The van der Waals surface area contributed by atoms with E-state index in [9.17, 15) is 0 Å². The number of hydrogen-bond donors (Lipinski definition) is 0. The van der Waals surface area contributed by atoms with Crippen LogP contribution in [-0.2, 0) is 9.68 Å². The number of oxime groups is 2. The first-order valence-corrected chi connectivity index (χ1v) is 6.20. The zero-order valence-corrected chi connectivity index (χ0v) is 13.0. The third kappa shape index (κ3) is 39.7. The van der Waals surface area contributed by atoms with Crippen LogP contribution >= 0.6 is 0 Å². The third-order valence-corrected chi connectivity index (χ3v) is 0.822. The van der Waals surface area contributed by atoms with E-state index < -0.39 is 0 Å². The maximum absolute atomic E-state index is 4.89. The second-order valence-corrected chi connectivity index (χ2v) is 3.65. The van der Waals surface area contributed by atoms with E-state index in [2.05, 4.69) is 15.1 Å². The van der Waals surface area contributed by atoms with Crippen molar-refractivity contribution in [3.8, 4) is 0 Å². The molecule has 0 atom stereocenters. The Labute approximate surface area is 107 Å². The Bertz CT molecular complexity index is 192. The van der Waals surface area contributed by atoms with Gasteiger partial charge in [-0.2, -0.15) is 0 Å². The predicted molar refractivity (Wildman–Crippen MR) is 76.8 cm³/mol. The minimum Gasteiger partial charge on any atom is -0.396 e. The molecule has 0 bridgehead atoms. The minimum atomic E-state index is 0.199. The van der Waals surface area contributed by atoms with Gasteiger partial charge in [0.05, 0.1) is 11.4 Å². The van der Waals surface area contributed by atoms with Gasteiger partial charge in [0.2, 0.25) is 0 Å². The topological polar surface area (TPSA) is 43.2 Å². The summed E-state index contributed by atoms with van der Waals surface area (Å²) in [5.41, 5.74) is 1.92. The van der Waals surface area contributed by atoms with Gasteiger partial charge in [0, 0.05) is 0 Å². The SMILES string of the molecule is CC.CC(C)=NOC(C)C.CCON=C(C)C. The molecule has 0 radical (unpaired) electrons. The molecular weight excluding hydrogens is 216 g/mol. The first-order chi connectivity index (χ1) is 7.90. The molecule has 0 aliphatic heterocycles. The summed E-state index contributed by atoms with van der Waals surface area (Å²) in [4.78, 5) is 9.57. The molecule has 0 aromatic carbocycles. The quantitative estimate of drug-likeness (QED) is 0.549. The molecule has 0 unspecified atom stereocenters. The molecule has 0 fully saturated rings. The molecule has 0 aromatic rings. The van der Waals surface area contributed by atoms with Crippen LogP contribution in [-0.4, -0.2) is 24.1 Å². The average molecular weight is 246 g/mol. The van der Waals surface area contributed by atoms with Gasteiger partial charge < -0.3 is 9.68 Å². The van der Waals surface area contributed by atoms with E-state index in [1.807, 2.05) is 62.3 Å². The summed E-state index contributed by atoms with van der Waals surface area (Å²) in [6, 6.07) is 0. The maximum Gasteiger partial charge on any atom is 0.122 e. The van der Waals surface area contributed by atoms with Gasteiger partial charge in [-0.3, -0.25) is 0 Å². The summed E-state index contributed by atoms with van der Waals surface area (Å²) in [7, 11) is 0. The van der Waals surface area contributed by atoms with Crippen LogP contribution in [0, 0.1) is 0 Å². The highest BCUT2D eigenvalue weighted by atomic mass is 16.6. The molecule has 0 saturated carbocycles. The molecular formula is C13H30N2O2. The lowest BCUT2D eigenvalue weighted by Gasteiger charge is -2.00. The van der Waals surface area contributed by atoms with Crippen LogP contribution in [0.15, 0.2) is 10.3 Å². The van der Waals surface area contributed by atoms with E-state index in [1.54, 1.807) is 0 Å². The summed E-state index contributed by atoms with van der Waals surface area (Å²) in [5.74, 6) is 0. The Morgan fingerprint density at radius 2 is 1.35 bits per heavy atom. The van der Waals surface area contributed by atoms with Crippen LogP contribution in [0.4, 0.5) is 0 Å². The molecule has 4 heteroatoms. The van der Waals surface area contributed by atoms with Crippen LogP contribution in [0.1, 0.15) is 62.3 Å². The molecule has 0 aliphatic rings. The van der Waals surface area contributed by atoms with Crippen molar-refractivity contribution >= 4 is 11.4 Å². The fraction of sp³-hybridized carbons (Fsp3) is 0.846. The Hall–Kier alpha value is -1.06. The first kappa shape index (κ1) is 21.2. The van der Waals surface area contributed by atoms with E-state index in [1.165, 1.54) is 0 Å². The summed E-state index contributed by atoms with van der Waals surface area (Å²) in [5, 5.41) is 7.40. The van der Waals surface area contributed by atoms with Crippen LogP contribution in [0.3, 0.4) is 0 Å². The second kappa shape index (κ2) is 17.3. The lowest BCUT2D eigenvalue weighted by atomic mass is 10.5. The average Bonchev–Trinajstić information content (AvgIpc) is 2.27. The number of nitrogens with zero attached hydrogens (tertiary/aromatic N) is 2. The van der Waals surface area contributed by atoms with E-state index in [4.69, 9.17) is 4.84 Å². The van der Waals surface area contributed by atoms with E-state index in [-0.39, 0.29) is 6.10 Å². The van der Waals surface area contributed by atoms with Crippen molar-refractivity contribution < 1.29 is 9.68 Å². The normalized spacial score (nSPS) is 7.88. The Kier molecular flexibility index (Phi) is 21.7. The summed E-state index contributed by atoms with van der Waals surface area (Å²) >= 11 is 0. The van der Waals surface area contributed by atoms with Gasteiger partial charge in [0.25, 0.3) is 0 Å². The van der Waals surface area contributed by atoms with Crippen molar-refractivity contribution in [2.24, 2.45) is 10.3 Å². The van der Waals surface area contributed by atoms with Gasteiger partial charge in [-0.25, -0.2) is 0 Å². The monoisotopic (exact) mass is 246 g/mol. The van der Waals surface area contributed by atoms with Crippen molar-refractivity contribution in [3.63, 3.8) is 0 Å². The molecule has 0 rings (SSSR count). The van der Waals surface area contributed by atoms with Crippen molar-refractivity contribution in [2.75, 3.05) is 6.61 Å². The Morgan fingerprint density at radius 1 is 0.941 bits per heavy atom. The third-order valence-electron chi connectivity index (χ3n) is 0.822. The molecule has 0 N–H and O–H groups in total. The maximum atomic E-state index is 4.89. The molecule has 0 spiro atoms. The van der Waals surface area contributed by atoms with E-state index in [0.717, 1.165) is 11.4 Å². The Balaban J connectivity index is -0.000000202. The smallest absolute Gasteiger partial charge is 0.122 e. The van der Waals surface area contributed by atoms with Crippen molar-refractivity contribution in [3.05, 3.63) is 0 Å². The molecule has 104 valence electrons. The number of hydrogen-bond acceptors (Lipinski definition) is 4. The molecule has 0 aliphatic carbocycles. The molecule has 4 nitrogen and oxygen atoms in total. The highest BCUT2D eigenvalue weighted by Gasteiger charge is 1.86. The first-order valence-electron chi connectivity index (χ1n) is 6.20. The molecule has 0 amide bonds. The zero-order valence-electron chi connectivity index (χ0n) is 13.0. The lowest BCUT2D eigenvalue weighted by molar-refractivity contribution is 0.0857. The molecule has 0 saturated heterocycles. The van der Waals surface area contributed by atoms with Crippen LogP contribution in [0.5, 0.6) is 0 Å². The van der Waals surface area contributed by atoms with E-state index >= 15 is 0 Å². The van der Waals surface area contributed by atoms with Crippen LogP contribution in [0.25, 0.3) is 0 Å². The van der Waals surface area contributed by atoms with Gasteiger partial charge in [-0.15, -0.1) is 0 Å². The lowest BCUT2D eigenvalue weighted by Crippen LogP contribution is -1.97. The molecule has 17 heavy (non-hydrogen) atoms. The van der Waals surface area contributed by atoms with E-state index in [0.29, 0.717) is 6.61 Å². The van der Waals surface area contributed by atoms with Crippen LogP contribution < -0.4 is 0 Å². The van der Waals surface area contributed by atoms with Gasteiger partial charge in [0.15, 0.2) is 0 Å². The van der Waals surface area contributed by atoms with Crippen molar-refractivity contribution in [1.29, 1.82) is 0 Å². The predicted octanol–water partition coefficient (Wildman–Crippen LogP) is 4.25. The summed E-state index contributed by atoms with van der Waals surface area (Å²) in [6.45, 7) is 18.1. The highest BCUT2D eigenvalue weighted by molar-refractivity contribution is 5.78. The highest BCUT2D eigenvalue weighted by Crippen LogP contribution is 1.87. The second-order valence-electron chi connectivity index (χ2n) is 3.65. The van der Waals surface area contributed by atoms with Gasteiger partial charge in [-0.1, -0.05) is 24.2 Å². The van der Waals surface area contributed by atoms with Crippen molar-refractivity contribution in [1.82, 2.24) is 0 Å². The fourth-order valence-corrected chi connectivity index (χ4v) is 0.404. The van der Waals surface area contributed by atoms with Crippen LogP contribution in [0.2, 0.25) is 0 Å². The minimum absolute atomic E-state index is 0.199. The number of rotatable bonds is 4. The Morgan fingerprint density at radius 3 is 1.47 bits per heavy atom.